The fourth-order valence-electron chi connectivity index (χ4n) is 1.51. The Morgan fingerprint density at radius 3 is 2.64 bits per heavy atom. The van der Waals surface area contributed by atoms with Gasteiger partial charge in [0.2, 0.25) is 0 Å². The zero-order valence-corrected chi connectivity index (χ0v) is 8.23. The summed E-state index contributed by atoms with van der Waals surface area (Å²) in [5, 5.41) is 2.56. The highest BCUT2D eigenvalue weighted by molar-refractivity contribution is 5.83. The van der Waals surface area contributed by atoms with E-state index < -0.39 is 0 Å². The van der Waals surface area contributed by atoms with Crippen LogP contribution in [0.2, 0.25) is 0 Å². The summed E-state index contributed by atoms with van der Waals surface area (Å²) in [6, 6.07) is 14.8. The van der Waals surface area contributed by atoms with E-state index in [1.807, 2.05) is 0 Å². The van der Waals surface area contributed by atoms with Crippen LogP contribution in [0.3, 0.4) is 0 Å². The van der Waals surface area contributed by atoms with Gasteiger partial charge in [-0.2, -0.15) is 0 Å². The van der Waals surface area contributed by atoms with Crippen LogP contribution in [-0.4, -0.2) is 13.7 Å². The maximum Gasteiger partial charge on any atom is 0.0537 e. The SMILES string of the molecule is COC[CH]c1ccc2ccccc2c1. The van der Waals surface area contributed by atoms with Gasteiger partial charge in [0, 0.05) is 13.5 Å². The van der Waals surface area contributed by atoms with Crippen LogP contribution in [0.5, 0.6) is 0 Å². The van der Waals surface area contributed by atoms with Crippen LogP contribution in [-0.2, 0) is 4.74 Å². The zero-order chi connectivity index (χ0) is 9.80. The Bertz CT molecular complexity index is 420. The van der Waals surface area contributed by atoms with Crippen molar-refractivity contribution in [1.29, 1.82) is 0 Å². The highest BCUT2D eigenvalue weighted by Crippen LogP contribution is 2.16. The fraction of sp³-hybridized carbons (Fsp3) is 0.154. The van der Waals surface area contributed by atoms with Crippen molar-refractivity contribution in [2.24, 2.45) is 0 Å². The smallest absolute Gasteiger partial charge is 0.0537 e. The Kier molecular flexibility index (Phi) is 2.80. The molecule has 0 N–H and O–H groups in total. The Morgan fingerprint density at radius 1 is 1.07 bits per heavy atom. The minimum Gasteiger partial charge on any atom is -0.384 e. The number of methoxy groups -OCH3 is 1. The van der Waals surface area contributed by atoms with E-state index in [0.29, 0.717) is 6.61 Å². The van der Waals surface area contributed by atoms with Gasteiger partial charge in [-0.25, -0.2) is 0 Å². The fourth-order valence-corrected chi connectivity index (χ4v) is 1.51. The molecule has 0 aliphatic heterocycles. The van der Waals surface area contributed by atoms with E-state index >= 15 is 0 Å². The second kappa shape index (κ2) is 4.25. The third-order valence-electron chi connectivity index (χ3n) is 2.26. The van der Waals surface area contributed by atoms with E-state index in [2.05, 4.69) is 48.9 Å². The summed E-state index contributed by atoms with van der Waals surface area (Å²) in [5.74, 6) is 0. The summed E-state index contributed by atoms with van der Waals surface area (Å²) in [7, 11) is 1.71. The maximum atomic E-state index is 5.00. The van der Waals surface area contributed by atoms with Gasteiger partial charge >= 0.3 is 0 Å². The molecule has 2 aromatic carbocycles. The van der Waals surface area contributed by atoms with E-state index in [4.69, 9.17) is 4.74 Å². The topological polar surface area (TPSA) is 9.23 Å². The van der Waals surface area contributed by atoms with Gasteiger partial charge in [0.15, 0.2) is 0 Å². The van der Waals surface area contributed by atoms with E-state index in [0.717, 1.165) is 0 Å². The van der Waals surface area contributed by atoms with Gasteiger partial charge in [-0.1, -0.05) is 42.5 Å². The predicted octanol–water partition coefficient (Wildman–Crippen LogP) is 3.04. The molecule has 0 bridgehead atoms. The second-order valence-corrected chi connectivity index (χ2v) is 3.27. The highest BCUT2D eigenvalue weighted by Gasteiger charge is 1.95. The molecule has 2 rings (SSSR count). The van der Waals surface area contributed by atoms with Gasteiger partial charge in [0.1, 0.15) is 0 Å². The molecule has 0 saturated heterocycles. The van der Waals surface area contributed by atoms with Crippen LogP contribution in [0.1, 0.15) is 5.56 Å². The molecule has 71 valence electrons. The molecule has 0 aromatic heterocycles. The van der Waals surface area contributed by atoms with Crippen molar-refractivity contribution in [1.82, 2.24) is 0 Å². The monoisotopic (exact) mass is 185 g/mol. The van der Waals surface area contributed by atoms with Crippen LogP contribution in [0, 0.1) is 6.42 Å². The van der Waals surface area contributed by atoms with E-state index in [9.17, 15) is 0 Å². The van der Waals surface area contributed by atoms with Gasteiger partial charge in [0.05, 0.1) is 6.61 Å². The number of benzene rings is 2. The van der Waals surface area contributed by atoms with Crippen LogP contribution >= 0.6 is 0 Å². The molecule has 14 heavy (non-hydrogen) atoms. The molecule has 0 aliphatic carbocycles. The molecule has 0 heterocycles. The predicted molar refractivity (Wildman–Crippen MR) is 59.2 cm³/mol. The minimum absolute atomic E-state index is 0.665. The molecule has 0 spiro atoms. The summed E-state index contributed by atoms with van der Waals surface area (Å²) in [6.07, 6.45) is 2.08. The van der Waals surface area contributed by atoms with Crippen LogP contribution in [0.25, 0.3) is 10.8 Å². The molecule has 0 saturated carbocycles. The average Bonchev–Trinajstić information content (AvgIpc) is 2.26. The largest absolute Gasteiger partial charge is 0.384 e. The number of ether oxygens (including phenoxy) is 1. The maximum absolute atomic E-state index is 5.00. The lowest BCUT2D eigenvalue weighted by Crippen LogP contribution is -1.90. The van der Waals surface area contributed by atoms with Gasteiger partial charge < -0.3 is 4.74 Å². The summed E-state index contributed by atoms with van der Waals surface area (Å²) >= 11 is 0. The first-order valence-electron chi connectivity index (χ1n) is 4.71. The third kappa shape index (κ3) is 1.94. The van der Waals surface area contributed by atoms with Crippen LogP contribution < -0.4 is 0 Å². The standard InChI is InChI=1S/C13H13O/c1-14-9-8-11-6-7-12-4-2-3-5-13(12)10-11/h2-8,10H,9H2,1H3. The van der Waals surface area contributed by atoms with Crippen molar-refractivity contribution >= 4 is 10.8 Å². The van der Waals surface area contributed by atoms with Gasteiger partial charge in [-0.15, -0.1) is 0 Å². The molecule has 2 aromatic rings. The summed E-state index contributed by atoms with van der Waals surface area (Å²) in [5.41, 5.74) is 1.21. The van der Waals surface area contributed by atoms with Gasteiger partial charge in [0.25, 0.3) is 0 Å². The van der Waals surface area contributed by atoms with Crippen molar-refractivity contribution in [2.45, 2.75) is 0 Å². The number of hydrogen-bond acceptors (Lipinski definition) is 1. The van der Waals surface area contributed by atoms with Crippen molar-refractivity contribution in [3.8, 4) is 0 Å². The van der Waals surface area contributed by atoms with Crippen molar-refractivity contribution < 1.29 is 4.74 Å². The minimum atomic E-state index is 0.665. The molecule has 0 fully saturated rings. The van der Waals surface area contributed by atoms with Crippen molar-refractivity contribution in [3.63, 3.8) is 0 Å². The quantitative estimate of drug-likeness (QED) is 0.714. The highest BCUT2D eigenvalue weighted by atomic mass is 16.5. The van der Waals surface area contributed by atoms with Crippen LogP contribution in [0.15, 0.2) is 42.5 Å². The molecule has 0 aliphatic rings. The van der Waals surface area contributed by atoms with Gasteiger partial charge in [-0.3, -0.25) is 0 Å². The lowest BCUT2D eigenvalue weighted by Gasteiger charge is -2.02. The molecule has 1 radical (unpaired) electrons. The first kappa shape index (κ1) is 9.22. The van der Waals surface area contributed by atoms with E-state index in [-0.39, 0.29) is 0 Å². The lowest BCUT2D eigenvalue weighted by atomic mass is 10.1. The van der Waals surface area contributed by atoms with Crippen molar-refractivity contribution in [2.75, 3.05) is 13.7 Å². The van der Waals surface area contributed by atoms with Crippen LogP contribution in [0.4, 0.5) is 0 Å². The Hall–Kier alpha value is -1.34. The first-order chi connectivity index (χ1) is 6.90. The molecule has 1 nitrogen and oxygen atoms in total. The molecule has 0 atom stereocenters. The number of rotatable bonds is 3. The second-order valence-electron chi connectivity index (χ2n) is 3.27. The molecule has 1 heteroatoms. The average molecular weight is 185 g/mol. The number of fused-ring (bicyclic) bond motifs is 1. The van der Waals surface area contributed by atoms with Gasteiger partial charge in [-0.05, 0) is 16.3 Å². The molecular formula is C13H13O. The zero-order valence-electron chi connectivity index (χ0n) is 8.23. The summed E-state index contributed by atoms with van der Waals surface area (Å²) in [4.78, 5) is 0. The number of hydrogen-bond donors (Lipinski definition) is 0. The molecular weight excluding hydrogens is 172 g/mol. The molecule has 0 unspecified atom stereocenters. The van der Waals surface area contributed by atoms with Crippen molar-refractivity contribution in [3.05, 3.63) is 54.4 Å². The Labute approximate surface area is 84.3 Å². The molecule has 0 amide bonds. The first-order valence-corrected chi connectivity index (χ1v) is 4.71. The van der Waals surface area contributed by atoms with E-state index in [1.54, 1.807) is 7.11 Å². The van der Waals surface area contributed by atoms with E-state index in [1.165, 1.54) is 16.3 Å². The Balaban J connectivity index is 2.32. The summed E-state index contributed by atoms with van der Waals surface area (Å²) in [6.45, 7) is 0.665. The normalized spacial score (nSPS) is 10.6. The third-order valence-corrected chi connectivity index (χ3v) is 2.26. The Morgan fingerprint density at radius 2 is 1.86 bits per heavy atom. The summed E-state index contributed by atoms with van der Waals surface area (Å²) < 4.78 is 5.00. The lowest BCUT2D eigenvalue weighted by molar-refractivity contribution is 0.225.